The maximum absolute atomic E-state index is 12.1. The van der Waals surface area contributed by atoms with Gasteiger partial charge in [0.05, 0.1) is 18.0 Å². The Hall–Kier alpha value is -1.83. The maximum atomic E-state index is 12.1. The van der Waals surface area contributed by atoms with Gasteiger partial charge in [0.2, 0.25) is 11.1 Å². The largest absolute Gasteiger partial charge is 0.310 e. The third kappa shape index (κ3) is 3.49. The van der Waals surface area contributed by atoms with Crippen LogP contribution in [-0.4, -0.2) is 36.6 Å². The summed E-state index contributed by atoms with van der Waals surface area (Å²) in [4.78, 5) is 16.4. The summed E-state index contributed by atoms with van der Waals surface area (Å²) >= 11 is 1.33. The fourth-order valence-electron chi connectivity index (χ4n) is 2.66. The van der Waals surface area contributed by atoms with Crippen LogP contribution >= 0.6 is 11.8 Å². The van der Waals surface area contributed by atoms with E-state index in [9.17, 15) is 4.79 Å². The third-order valence-electron chi connectivity index (χ3n) is 3.79. The normalized spacial score (nSPS) is 15.3. The third-order valence-corrected chi connectivity index (χ3v) is 4.63. The number of aromatic nitrogens is 5. The average Bonchev–Trinajstić information content (AvgIpc) is 3.25. The summed E-state index contributed by atoms with van der Waals surface area (Å²) in [5, 5.41) is 14.8. The molecule has 0 aromatic carbocycles. The molecule has 118 valence electrons. The summed E-state index contributed by atoms with van der Waals surface area (Å²) in [5.41, 5.74) is 0. The van der Waals surface area contributed by atoms with Crippen LogP contribution in [0.5, 0.6) is 0 Å². The van der Waals surface area contributed by atoms with Gasteiger partial charge in [0.1, 0.15) is 11.6 Å². The monoisotopic (exact) mass is 320 g/mol. The molecule has 8 heteroatoms. The molecule has 0 atom stereocenters. The van der Waals surface area contributed by atoms with Crippen molar-refractivity contribution in [3.8, 4) is 0 Å². The number of nitrogens with one attached hydrogen (secondary N) is 2. The maximum Gasteiger partial charge on any atom is 0.235 e. The molecular formula is C14H20N6OS. The first kappa shape index (κ1) is 15.1. The van der Waals surface area contributed by atoms with E-state index in [4.69, 9.17) is 0 Å². The lowest BCUT2D eigenvalue weighted by Gasteiger charge is -2.14. The molecule has 0 bridgehead atoms. The van der Waals surface area contributed by atoms with E-state index in [1.54, 1.807) is 6.20 Å². The minimum Gasteiger partial charge on any atom is -0.310 e. The fraction of sp³-hybridized carbons (Fsp3) is 0.571. The molecule has 7 nitrogen and oxygen atoms in total. The molecule has 1 fully saturated rings. The number of nitrogens with zero attached hydrogens (tertiary/aromatic N) is 4. The van der Waals surface area contributed by atoms with Crippen LogP contribution in [0.25, 0.3) is 0 Å². The Kier molecular flexibility index (Phi) is 4.77. The van der Waals surface area contributed by atoms with E-state index in [1.807, 2.05) is 17.7 Å². The topological polar surface area (TPSA) is 88.5 Å². The van der Waals surface area contributed by atoms with Crippen LogP contribution in [0.2, 0.25) is 0 Å². The van der Waals surface area contributed by atoms with Gasteiger partial charge in [0, 0.05) is 12.5 Å². The number of aryl methyl sites for hydroxylation is 1. The second-order valence-corrected chi connectivity index (χ2v) is 6.30. The zero-order chi connectivity index (χ0) is 15.4. The van der Waals surface area contributed by atoms with E-state index in [-0.39, 0.29) is 11.7 Å². The summed E-state index contributed by atoms with van der Waals surface area (Å²) < 4.78 is 1.94. The van der Waals surface area contributed by atoms with Crippen molar-refractivity contribution in [2.24, 2.45) is 0 Å². The number of hydrogen-bond acceptors (Lipinski definition) is 5. The Morgan fingerprint density at radius 1 is 1.50 bits per heavy atom. The van der Waals surface area contributed by atoms with Gasteiger partial charge in [-0.1, -0.05) is 31.5 Å². The number of anilines is 1. The molecular weight excluding hydrogens is 300 g/mol. The zero-order valence-corrected chi connectivity index (χ0v) is 13.4. The van der Waals surface area contributed by atoms with Gasteiger partial charge < -0.3 is 5.32 Å². The van der Waals surface area contributed by atoms with Crippen molar-refractivity contribution in [1.82, 2.24) is 25.0 Å². The van der Waals surface area contributed by atoms with Crippen LogP contribution in [-0.2, 0) is 11.2 Å². The lowest BCUT2D eigenvalue weighted by Crippen LogP contribution is -2.19. The molecule has 2 heterocycles. The van der Waals surface area contributed by atoms with Crippen molar-refractivity contribution in [1.29, 1.82) is 0 Å². The molecule has 1 amide bonds. The summed E-state index contributed by atoms with van der Waals surface area (Å²) in [6.07, 6.45) is 7.29. The molecule has 0 unspecified atom stereocenters. The molecule has 1 aliphatic carbocycles. The second kappa shape index (κ2) is 6.95. The zero-order valence-electron chi connectivity index (χ0n) is 12.6. The van der Waals surface area contributed by atoms with Gasteiger partial charge in [0.25, 0.3) is 0 Å². The lowest BCUT2D eigenvalue weighted by molar-refractivity contribution is -0.113. The smallest absolute Gasteiger partial charge is 0.235 e. The Morgan fingerprint density at radius 3 is 3.05 bits per heavy atom. The summed E-state index contributed by atoms with van der Waals surface area (Å²) in [7, 11) is 0. The number of aromatic amines is 1. The lowest BCUT2D eigenvalue weighted by atomic mass is 10.2. The Labute approximate surface area is 133 Å². The van der Waals surface area contributed by atoms with E-state index < -0.39 is 0 Å². The number of carbonyl (C=O) groups excluding carboxylic acids is 1. The number of rotatable bonds is 6. The van der Waals surface area contributed by atoms with Crippen LogP contribution in [0, 0.1) is 0 Å². The van der Waals surface area contributed by atoms with Gasteiger partial charge >= 0.3 is 0 Å². The first-order valence-electron chi connectivity index (χ1n) is 7.63. The standard InChI is InChI=1S/C14H20N6OS/c1-2-11-16-14(19-18-11)22-9-13(21)17-12-7-8-15-20(12)10-5-3-4-6-10/h7-8,10H,2-6,9H2,1H3,(H,17,21)(H,16,18,19). The van der Waals surface area contributed by atoms with Crippen molar-refractivity contribution in [3.63, 3.8) is 0 Å². The predicted octanol–water partition coefficient (Wildman–Crippen LogP) is 2.41. The van der Waals surface area contributed by atoms with Crippen LogP contribution in [0.3, 0.4) is 0 Å². The van der Waals surface area contributed by atoms with E-state index in [2.05, 4.69) is 25.6 Å². The highest BCUT2D eigenvalue weighted by molar-refractivity contribution is 7.99. The predicted molar refractivity (Wildman–Crippen MR) is 84.8 cm³/mol. The van der Waals surface area contributed by atoms with Gasteiger partial charge in [-0.15, -0.1) is 5.10 Å². The van der Waals surface area contributed by atoms with E-state index in [1.165, 1.54) is 24.6 Å². The van der Waals surface area contributed by atoms with Crippen LogP contribution in [0.1, 0.15) is 44.5 Å². The van der Waals surface area contributed by atoms with Gasteiger partial charge in [-0.05, 0) is 12.8 Å². The molecule has 2 N–H and O–H groups in total. The first-order valence-corrected chi connectivity index (χ1v) is 8.62. The van der Waals surface area contributed by atoms with Crippen molar-refractivity contribution >= 4 is 23.5 Å². The van der Waals surface area contributed by atoms with Gasteiger partial charge in [-0.3, -0.25) is 9.89 Å². The van der Waals surface area contributed by atoms with Crippen LogP contribution in [0.15, 0.2) is 17.4 Å². The number of carbonyl (C=O) groups is 1. The summed E-state index contributed by atoms with van der Waals surface area (Å²) in [5.74, 6) is 1.84. The van der Waals surface area contributed by atoms with Crippen molar-refractivity contribution in [2.75, 3.05) is 11.1 Å². The van der Waals surface area contributed by atoms with E-state index >= 15 is 0 Å². The number of hydrogen-bond donors (Lipinski definition) is 2. The highest BCUT2D eigenvalue weighted by Gasteiger charge is 2.20. The number of H-pyrrole nitrogens is 1. The molecule has 0 radical (unpaired) electrons. The fourth-order valence-corrected chi connectivity index (χ4v) is 3.28. The molecule has 2 aromatic heterocycles. The minimum absolute atomic E-state index is 0.0624. The van der Waals surface area contributed by atoms with Gasteiger partial charge in [0.15, 0.2) is 0 Å². The summed E-state index contributed by atoms with van der Waals surface area (Å²) in [6.45, 7) is 2.01. The van der Waals surface area contributed by atoms with Crippen LogP contribution in [0.4, 0.5) is 5.82 Å². The Bertz CT molecular complexity index is 631. The first-order chi connectivity index (χ1) is 10.8. The Balaban J connectivity index is 1.54. The SMILES string of the molecule is CCc1nc(SCC(=O)Nc2ccnn2C2CCCC2)n[nH]1. The second-order valence-electron chi connectivity index (χ2n) is 5.35. The summed E-state index contributed by atoms with van der Waals surface area (Å²) in [6, 6.07) is 2.26. The Morgan fingerprint density at radius 2 is 2.32 bits per heavy atom. The molecule has 22 heavy (non-hydrogen) atoms. The highest BCUT2D eigenvalue weighted by atomic mass is 32.2. The average molecular weight is 320 g/mol. The van der Waals surface area contributed by atoms with Crippen molar-refractivity contribution < 1.29 is 4.79 Å². The van der Waals surface area contributed by atoms with Gasteiger partial charge in [-0.2, -0.15) is 5.10 Å². The molecule has 0 saturated heterocycles. The molecule has 0 aliphatic heterocycles. The van der Waals surface area contributed by atoms with E-state index in [0.717, 1.165) is 30.9 Å². The van der Waals surface area contributed by atoms with Crippen LogP contribution < -0.4 is 5.32 Å². The number of amides is 1. The molecule has 1 saturated carbocycles. The molecule has 1 aliphatic rings. The minimum atomic E-state index is -0.0624. The van der Waals surface area contributed by atoms with Crippen molar-refractivity contribution in [3.05, 3.63) is 18.1 Å². The quantitative estimate of drug-likeness (QED) is 0.798. The molecule has 0 spiro atoms. The van der Waals surface area contributed by atoms with Crippen molar-refractivity contribution in [2.45, 2.75) is 50.2 Å². The highest BCUT2D eigenvalue weighted by Crippen LogP contribution is 2.31. The molecule has 3 rings (SSSR count). The van der Waals surface area contributed by atoms with E-state index in [0.29, 0.717) is 11.2 Å². The molecule has 2 aromatic rings. The van der Waals surface area contributed by atoms with Gasteiger partial charge in [-0.25, -0.2) is 9.67 Å². The number of thioether (sulfide) groups is 1.